The summed E-state index contributed by atoms with van der Waals surface area (Å²) in [6, 6.07) is 18.9. The molecule has 222 valence electrons. The Kier molecular flexibility index (Phi) is 7.48. The van der Waals surface area contributed by atoms with Crippen molar-refractivity contribution in [3.63, 3.8) is 0 Å². The third kappa shape index (κ3) is 4.90. The van der Waals surface area contributed by atoms with Gasteiger partial charge < -0.3 is 13.9 Å². The lowest BCUT2D eigenvalue weighted by Gasteiger charge is -2.27. The van der Waals surface area contributed by atoms with Gasteiger partial charge in [0, 0.05) is 28.8 Å². The maximum absolute atomic E-state index is 14.2. The Morgan fingerprint density at radius 2 is 1.93 bits per heavy atom. The molecule has 0 saturated carbocycles. The van der Waals surface area contributed by atoms with Crippen molar-refractivity contribution in [2.45, 2.75) is 26.8 Å². The molecule has 0 aliphatic carbocycles. The van der Waals surface area contributed by atoms with Crippen LogP contribution in [0.25, 0.3) is 28.2 Å². The van der Waals surface area contributed by atoms with Crippen molar-refractivity contribution in [3.05, 3.63) is 125 Å². The molecule has 0 fully saturated rings. The van der Waals surface area contributed by atoms with Gasteiger partial charge in [-0.15, -0.1) is 0 Å². The van der Waals surface area contributed by atoms with Gasteiger partial charge in [0.1, 0.15) is 23.3 Å². The van der Waals surface area contributed by atoms with Crippen molar-refractivity contribution >= 4 is 39.8 Å². The van der Waals surface area contributed by atoms with Crippen LogP contribution in [0.5, 0.6) is 5.75 Å². The first-order valence-corrected chi connectivity index (χ1v) is 14.6. The average Bonchev–Trinajstić information content (AvgIpc) is 3.60. The zero-order valence-corrected chi connectivity index (χ0v) is 25.1. The second kappa shape index (κ2) is 11.4. The first kappa shape index (κ1) is 28.8. The number of thiazole rings is 1. The predicted octanol–water partition coefficient (Wildman–Crippen LogP) is 5.44. The van der Waals surface area contributed by atoms with Gasteiger partial charge in [-0.2, -0.15) is 0 Å². The number of carbonyl (C=O) groups excluding carboxylic acids is 1. The number of rotatable bonds is 7. The molecule has 1 atom stereocenters. The Hall–Kier alpha value is -5.29. The summed E-state index contributed by atoms with van der Waals surface area (Å²) in [5.74, 6) is 0.758. The Morgan fingerprint density at radius 3 is 2.68 bits per heavy atom. The Bertz CT molecular complexity index is 2190. The number of allylic oxidation sites excluding steroid dienone is 1. The van der Waals surface area contributed by atoms with Crippen LogP contribution in [0, 0.1) is 17.0 Å². The fourth-order valence-electron chi connectivity index (χ4n) is 5.47. The van der Waals surface area contributed by atoms with E-state index in [1.807, 2.05) is 36.4 Å². The number of fused-ring (bicyclic) bond motifs is 2. The van der Waals surface area contributed by atoms with Gasteiger partial charge in [-0.3, -0.25) is 19.5 Å². The van der Waals surface area contributed by atoms with Gasteiger partial charge >= 0.3 is 5.97 Å². The number of esters is 1. The van der Waals surface area contributed by atoms with E-state index >= 15 is 0 Å². The Morgan fingerprint density at radius 1 is 1.14 bits per heavy atom. The number of hydrogen-bond donors (Lipinski definition) is 0. The number of ether oxygens (including phenoxy) is 2. The molecule has 2 aromatic heterocycles. The third-order valence-electron chi connectivity index (χ3n) is 7.53. The van der Waals surface area contributed by atoms with Crippen LogP contribution in [0.2, 0.25) is 0 Å². The summed E-state index contributed by atoms with van der Waals surface area (Å²) < 4.78 is 19.1. The average molecular weight is 610 g/mol. The quantitative estimate of drug-likeness (QED) is 0.137. The second-order valence-electron chi connectivity index (χ2n) is 10.2. The molecule has 11 heteroatoms. The van der Waals surface area contributed by atoms with Gasteiger partial charge in [-0.05, 0) is 49.7 Å². The lowest BCUT2D eigenvalue weighted by molar-refractivity contribution is -0.385. The number of aryl methyl sites for hydroxylation is 1. The first-order chi connectivity index (χ1) is 21.2. The highest BCUT2D eigenvalue weighted by Gasteiger charge is 2.36. The van der Waals surface area contributed by atoms with Crippen LogP contribution >= 0.6 is 11.3 Å². The first-order valence-electron chi connectivity index (χ1n) is 13.8. The number of nitro groups is 1. The van der Waals surface area contributed by atoms with E-state index in [0.29, 0.717) is 49.0 Å². The molecule has 0 bridgehead atoms. The lowest BCUT2D eigenvalue weighted by atomic mass is 9.90. The summed E-state index contributed by atoms with van der Waals surface area (Å²) >= 11 is 1.17. The standard InChI is InChI=1S/C33H27N3O7S/c1-5-42-32(38)28-19(3)34-33-35(30(28)29-23-9-7-6-8-20(23)12-14-26(29)41-4)31(37)27(44-33)17-22-13-15-25(43-22)21-11-10-18(2)24(16-21)36(39)40/h6-17,30H,5H2,1-4H3/b27-17-. The molecular formula is C33H27N3O7S. The minimum atomic E-state index is -0.867. The van der Waals surface area contributed by atoms with Crippen molar-refractivity contribution < 1.29 is 23.6 Å². The summed E-state index contributed by atoms with van der Waals surface area (Å²) in [6.07, 6.45) is 1.61. The van der Waals surface area contributed by atoms with Crippen molar-refractivity contribution in [1.82, 2.24) is 4.57 Å². The van der Waals surface area contributed by atoms with Gasteiger partial charge in [0.25, 0.3) is 11.2 Å². The molecule has 6 rings (SSSR count). The molecule has 3 aromatic carbocycles. The van der Waals surface area contributed by atoms with Crippen molar-refractivity contribution in [1.29, 1.82) is 0 Å². The van der Waals surface area contributed by atoms with Crippen LogP contribution in [0.3, 0.4) is 0 Å². The van der Waals surface area contributed by atoms with Crippen LogP contribution < -0.4 is 19.6 Å². The van der Waals surface area contributed by atoms with Gasteiger partial charge in [0.05, 0.1) is 34.4 Å². The number of aromatic nitrogens is 1. The number of nitro benzene ring substituents is 1. The molecule has 3 heterocycles. The van der Waals surface area contributed by atoms with Gasteiger partial charge in [0.15, 0.2) is 4.80 Å². The fraction of sp³-hybridized carbons (Fsp3) is 0.182. The second-order valence-corrected chi connectivity index (χ2v) is 11.2. The summed E-state index contributed by atoms with van der Waals surface area (Å²) in [6.45, 7) is 5.28. The highest BCUT2D eigenvalue weighted by molar-refractivity contribution is 7.07. The van der Waals surface area contributed by atoms with Gasteiger partial charge in [0.2, 0.25) is 0 Å². The van der Waals surface area contributed by atoms with E-state index in [9.17, 15) is 19.7 Å². The lowest BCUT2D eigenvalue weighted by Crippen LogP contribution is -2.40. The topological polar surface area (TPSA) is 126 Å². The number of methoxy groups -OCH3 is 1. The van der Waals surface area contributed by atoms with Crippen molar-refractivity contribution in [2.75, 3.05) is 13.7 Å². The molecule has 1 aliphatic heterocycles. The molecule has 0 saturated heterocycles. The number of nitrogens with zero attached hydrogens (tertiary/aromatic N) is 3. The van der Waals surface area contributed by atoms with Crippen LogP contribution in [-0.4, -0.2) is 29.2 Å². The Labute approximate surface area is 255 Å². The molecule has 0 N–H and O–H groups in total. The molecule has 0 amide bonds. The largest absolute Gasteiger partial charge is 0.496 e. The van der Waals surface area contributed by atoms with E-state index in [4.69, 9.17) is 13.9 Å². The van der Waals surface area contributed by atoms with Gasteiger partial charge in [-0.1, -0.05) is 53.8 Å². The van der Waals surface area contributed by atoms with Crippen LogP contribution in [0.4, 0.5) is 5.69 Å². The van der Waals surface area contributed by atoms with Crippen LogP contribution in [-0.2, 0) is 9.53 Å². The van der Waals surface area contributed by atoms with Crippen molar-refractivity contribution in [3.8, 4) is 17.1 Å². The van der Waals surface area contributed by atoms with E-state index in [2.05, 4.69) is 4.99 Å². The minimum absolute atomic E-state index is 0.00889. The molecule has 44 heavy (non-hydrogen) atoms. The molecule has 0 spiro atoms. The molecule has 1 unspecified atom stereocenters. The zero-order valence-electron chi connectivity index (χ0n) is 24.3. The number of furan rings is 1. The van der Waals surface area contributed by atoms with E-state index in [0.717, 1.165) is 10.8 Å². The maximum atomic E-state index is 14.2. The van der Waals surface area contributed by atoms with Crippen LogP contribution in [0.1, 0.15) is 36.8 Å². The number of hydrogen-bond acceptors (Lipinski definition) is 9. The summed E-state index contributed by atoms with van der Waals surface area (Å²) in [7, 11) is 1.55. The minimum Gasteiger partial charge on any atom is -0.496 e. The zero-order chi connectivity index (χ0) is 31.1. The van der Waals surface area contributed by atoms with E-state index in [1.165, 1.54) is 22.0 Å². The number of carbonyl (C=O) groups is 1. The Balaban J connectivity index is 1.54. The van der Waals surface area contributed by atoms with Crippen molar-refractivity contribution in [2.24, 2.45) is 4.99 Å². The third-order valence-corrected chi connectivity index (χ3v) is 8.51. The maximum Gasteiger partial charge on any atom is 0.338 e. The summed E-state index contributed by atoms with van der Waals surface area (Å²) in [4.78, 5) is 43.6. The monoisotopic (exact) mass is 609 g/mol. The highest BCUT2D eigenvalue weighted by atomic mass is 32.1. The number of benzene rings is 3. The van der Waals surface area contributed by atoms with Gasteiger partial charge in [-0.25, -0.2) is 9.79 Å². The van der Waals surface area contributed by atoms with E-state index < -0.39 is 16.9 Å². The normalized spacial score (nSPS) is 14.8. The molecule has 10 nitrogen and oxygen atoms in total. The highest BCUT2D eigenvalue weighted by Crippen LogP contribution is 2.40. The van der Waals surface area contributed by atoms with E-state index in [1.54, 1.807) is 58.2 Å². The summed E-state index contributed by atoms with van der Waals surface area (Å²) in [5, 5.41) is 13.2. The molecular weight excluding hydrogens is 582 g/mol. The molecule has 5 aromatic rings. The molecule has 1 aliphatic rings. The molecule has 0 radical (unpaired) electrons. The summed E-state index contributed by atoms with van der Waals surface area (Å²) in [5.41, 5.74) is 2.05. The van der Waals surface area contributed by atoms with Crippen LogP contribution in [0.15, 0.2) is 92.2 Å². The predicted molar refractivity (Wildman–Crippen MR) is 166 cm³/mol. The van der Waals surface area contributed by atoms with E-state index in [-0.39, 0.29) is 23.4 Å². The smallest absolute Gasteiger partial charge is 0.338 e. The SMILES string of the molecule is CCOC(=O)C1=C(C)N=c2s/c(=C\c3ccc(-c4ccc(C)c([N+](=O)[O-])c4)o3)c(=O)n2C1c1c(OC)ccc2ccccc12. The fourth-order valence-corrected chi connectivity index (χ4v) is 6.50.